The van der Waals surface area contributed by atoms with Gasteiger partial charge in [-0.3, -0.25) is 9.59 Å². The highest BCUT2D eigenvalue weighted by atomic mass is 32.2. The summed E-state index contributed by atoms with van der Waals surface area (Å²) in [5.41, 5.74) is 6.07. The SMILES string of the molecule is N[C@@H](CSCC(=O)C(=O)OCc1cc(CO[N+](=O)[O-])cc(CO[N+](=O)[O-])c1)C(=O)O. The first-order valence-electron chi connectivity index (χ1n) is 8.01. The van der Waals surface area contributed by atoms with Crippen molar-refractivity contribution in [1.82, 2.24) is 0 Å². The fourth-order valence-corrected chi connectivity index (χ4v) is 2.80. The Hall–Kier alpha value is -3.46. The first-order valence-corrected chi connectivity index (χ1v) is 9.16. The van der Waals surface area contributed by atoms with Crippen molar-refractivity contribution in [3.8, 4) is 0 Å². The van der Waals surface area contributed by atoms with Crippen LogP contribution in [0.4, 0.5) is 0 Å². The van der Waals surface area contributed by atoms with E-state index in [1.54, 1.807) is 0 Å². The highest BCUT2D eigenvalue weighted by molar-refractivity contribution is 8.00. The fourth-order valence-electron chi connectivity index (χ4n) is 1.98. The van der Waals surface area contributed by atoms with Gasteiger partial charge in [0.1, 0.15) is 25.9 Å². The fraction of sp³-hybridized carbons (Fsp3) is 0.400. The van der Waals surface area contributed by atoms with Gasteiger partial charge in [-0.05, 0) is 16.7 Å². The number of hydrogen-bond acceptors (Lipinski definition) is 12. The van der Waals surface area contributed by atoms with Crippen LogP contribution in [0.15, 0.2) is 18.2 Å². The lowest BCUT2D eigenvalue weighted by atomic mass is 10.1. The van der Waals surface area contributed by atoms with E-state index in [4.69, 9.17) is 15.6 Å². The maximum absolute atomic E-state index is 11.8. The maximum atomic E-state index is 11.8. The number of hydrogen-bond donors (Lipinski definition) is 2. The standard InChI is InChI=1S/C15H17N3O11S/c16-12(14(20)21)7-30-8-13(19)15(22)27-4-9-1-10(5-28-17(23)24)3-11(2-9)6-29-18(25)26/h1-3,12H,4-8,16H2,(H,20,21)/t12-/m0/s1. The largest absolute Gasteiger partial charge is 0.480 e. The number of thioether (sulfide) groups is 1. The molecule has 0 fully saturated rings. The summed E-state index contributed by atoms with van der Waals surface area (Å²) in [6.07, 6.45) is 0. The molecule has 0 bridgehead atoms. The quantitative estimate of drug-likeness (QED) is 0.165. The van der Waals surface area contributed by atoms with Crippen LogP contribution in [0.3, 0.4) is 0 Å². The van der Waals surface area contributed by atoms with E-state index in [2.05, 4.69) is 9.68 Å². The normalized spacial score (nSPS) is 11.2. The minimum atomic E-state index is -1.24. The zero-order valence-corrected chi connectivity index (χ0v) is 16.1. The number of ketones is 1. The van der Waals surface area contributed by atoms with E-state index in [9.17, 15) is 34.6 Å². The third-order valence-electron chi connectivity index (χ3n) is 3.23. The zero-order chi connectivity index (χ0) is 22.7. The Bertz CT molecular complexity index is 781. The molecule has 14 nitrogen and oxygen atoms in total. The van der Waals surface area contributed by atoms with Crippen molar-refractivity contribution in [1.29, 1.82) is 0 Å². The minimum Gasteiger partial charge on any atom is -0.480 e. The Morgan fingerprint density at radius 2 is 1.47 bits per heavy atom. The Morgan fingerprint density at radius 3 is 1.90 bits per heavy atom. The minimum absolute atomic E-state index is 0.0767. The number of carboxylic acids is 1. The molecule has 1 aromatic rings. The number of rotatable bonds is 14. The molecule has 3 N–H and O–H groups in total. The van der Waals surface area contributed by atoms with Crippen LogP contribution in [0.2, 0.25) is 0 Å². The van der Waals surface area contributed by atoms with Crippen LogP contribution in [-0.2, 0) is 48.6 Å². The molecule has 0 aromatic heterocycles. The van der Waals surface area contributed by atoms with Crippen LogP contribution in [0.25, 0.3) is 0 Å². The van der Waals surface area contributed by atoms with E-state index in [1.807, 2.05) is 0 Å². The molecule has 1 rings (SSSR count). The molecule has 0 saturated carbocycles. The molecule has 0 aliphatic carbocycles. The number of nitrogens with zero attached hydrogens (tertiary/aromatic N) is 2. The number of carboxylic acid groups (broad SMARTS) is 1. The van der Waals surface area contributed by atoms with Crippen molar-refractivity contribution in [3.05, 3.63) is 55.1 Å². The molecule has 0 aliphatic rings. The molecule has 15 heteroatoms. The predicted octanol–water partition coefficient (Wildman–Crippen LogP) is -0.139. The van der Waals surface area contributed by atoms with Gasteiger partial charge in [-0.2, -0.15) is 11.8 Å². The number of benzene rings is 1. The van der Waals surface area contributed by atoms with Crippen LogP contribution in [-0.4, -0.2) is 50.5 Å². The van der Waals surface area contributed by atoms with E-state index in [1.165, 1.54) is 18.2 Å². The topological polar surface area (TPSA) is 211 Å². The zero-order valence-electron chi connectivity index (χ0n) is 15.3. The van der Waals surface area contributed by atoms with E-state index < -0.39 is 53.8 Å². The van der Waals surface area contributed by atoms with Crippen molar-refractivity contribution in [2.24, 2.45) is 5.73 Å². The van der Waals surface area contributed by atoms with E-state index >= 15 is 0 Å². The van der Waals surface area contributed by atoms with Crippen LogP contribution < -0.4 is 5.73 Å². The van der Waals surface area contributed by atoms with Gasteiger partial charge in [0.05, 0.1) is 5.75 Å². The van der Waals surface area contributed by atoms with Gasteiger partial charge in [-0.1, -0.05) is 18.2 Å². The molecule has 1 aromatic carbocycles. The average molecular weight is 447 g/mol. The van der Waals surface area contributed by atoms with E-state index in [0.717, 1.165) is 11.8 Å². The van der Waals surface area contributed by atoms with Crippen LogP contribution in [0, 0.1) is 20.2 Å². The lowest BCUT2D eigenvalue weighted by molar-refractivity contribution is -0.763. The summed E-state index contributed by atoms with van der Waals surface area (Å²) in [5.74, 6) is -3.75. The molecular weight excluding hydrogens is 430 g/mol. The summed E-state index contributed by atoms with van der Waals surface area (Å²) < 4.78 is 4.86. The van der Waals surface area contributed by atoms with Crippen molar-refractivity contribution < 1.29 is 44.1 Å². The molecule has 0 aliphatic heterocycles. The molecule has 0 radical (unpaired) electrons. The average Bonchev–Trinajstić information content (AvgIpc) is 2.68. The smallest absolute Gasteiger partial charge is 0.375 e. The molecular formula is C15H17N3O11S. The second kappa shape index (κ2) is 12.2. The summed E-state index contributed by atoms with van der Waals surface area (Å²) in [4.78, 5) is 63.2. The summed E-state index contributed by atoms with van der Waals surface area (Å²) in [6, 6.07) is 2.96. The lowest BCUT2D eigenvalue weighted by Crippen LogP contribution is -2.33. The molecule has 0 amide bonds. The third-order valence-corrected chi connectivity index (χ3v) is 4.29. The van der Waals surface area contributed by atoms with Crippen molar-refractivity contribution >= 4 is 29.5 Å². The number of carbonyl (C=O) groups excluding carboxylic acids is 2. The Labute approximate surface area is 172 Å². The second-order valence-corrected chi connectivity index (χ2v) is 6.64. The van der Waals surface area contributed by atoms with E-state index in [0.29, 0.717) is 0 Å². The maximum Gasteiger partial charge on any atom is 0.375 e. The first-order chi connectivity index (χ1) is 14.1. The highest BCUT2D eigenvalue weighted by Crippen LogP contribution is 2.15. The first kappa shape index (κ1) is 24.6. The predicted molar refractivity (Wildman–Crippen MR) is 97.7 cm³/mol. The Kier molecular flexibility index (Phi) is 9.98. The van der Waals surface area contributed by atoms with Crippen molar-refractivity contribution in [2.45, 2.75) is 25.9 Å². The van der Waals surface area contributed by atoms with Crippen molar-refractivity contribution in [2.75, 3.05) is 11.5 Å². The monoisotopic (exact) mass is 447 g/mol. The summed E-state index contributed by atoms with van der Waals surface area (Å²) >= 11 is 0.854. The van der Waals surface area contributed by atoms with Crippen LogP contribution in [0.5, 0.6) is 0 Å². The molecule has 1 atom stereocenters. The number of ether oxygens (including phenoxy) is 1. The number of Topliss-reactive ketones (excluding diaryl/α,β-unsaturated/α-hetero) is 1. The van der Waals surface area contributed by atoms with Gasteiger partial charge in [-0.15, -0.1) is 20.2 Å². The Balaban J connectivity index is 2.69. The molecule has 0 spiro atoms. The molecule has 0 unspecified atom stereocenters. The molecule has 164 valence electrons. The second-order valence-electron chi connectivity index (χ2n) is 5.61. The van der Waals surface area contributed by atoms with Gasteiger partial charge >= 0.3 is 11.9 Å². The van der Waals surface area contributed by atoms with E-state index in [-0.39, 0.29) is 28.2 Å². The van der Waals surface area contributed by atoms with Crippen molar-refractivity contribution in [3.63, 3.8) is 0 Å². The summed E-state index contributed by atoms with van der Waals surface area (Å²) in [7, 11) is 0. The van der Waals surface area contributed by atoms with Gasteiger partial charge in [0.15, 0.2) is 0 Å². The molecule has 0 saturated heterocycles. The molecule has 30 heavy (non-hydrogen) atoms. The number of esters is 1. The van der Waals surface area contributed by atoms with Gasteiger partial charge in [0.2, 0.25) is 5.78 Å². The number of nitrogens with two attached hydrogens (primary N) is 1. The summed E-state index contributed by atoms with van der Waals surface area (Å²) in [6.45, 7) is -1.32. The molecule has 0 heterocycles. The lowest BCUT2D eigenvalue weighted by Gasteiger charge is -2.10. The number of aliphatic carboxylic acids is 1. The van der Waals surface area contributed by atoms with Gasteiger partial charge in [0.25, 0.3) is 10.2 Å². The number of carbonyl (C=O) groups is 3. The van der Waals surface area contributed by atoms with Crippen LogP contribution >= 0.6 is 11.8 Å². The summed E-state index contributed by atoms with van der Waals surface area (Å²) in [5, 5.41) is 27.3. The van der Waals surface area contributed by atoms with Gasteiger partial charge in [0, 0.05) is 5.75 Å². The van der Waals surface area contributed by atoms with Crippen LogP contribution in [0.1, 0.15) is 16.7 Å². The van der Waals surface area contributed by atoms with Gasteiger partial charge < -0.3 is 25.3 Å². The Morgan fingerprint density at radius 1 is 1.00 bits per heavy atom. The highest BCUT2D eigenvalue weighted by Gasteiger charge is 2.18. The third kappa shape index (κ3) is 9.65. The van der Waals surface area contributed by atoms with Gasteiger partial charge in [-0.25, -0.2) is 4.79 Å².